The number of carbonyl (C=O) groups excluding carboxylic acids is 1. The highest BCUT2D eigenvalue weighted by molar-refractivity contribution is 5.95. The summed E-state index contributed by atoms with van der Waals surface area (Å²) >= 11 is 0. The number of amides is 1. The third-order valence-electron chi connectivity index (χ3n) is 3.56. The molecule has 5 nitrogen and oxygen atoms in total. The largest absolute Gasteiger partial charge is 0.494 e. The van der Waals surface area contributed by atoms with Crippen LogP contribution in [-0.2, 0) is 4.74 Å². The molecule has 1 aromatic carbocycles. The highest BCUT2D eigenvalue weighted by atomic mass is 16.5. The second-order valence-corrected chi connectivity index (χ2v) is 5.06. The van der Waals surface area contributed by atoms with Gasteiger partial charge < -0.3 is 20.5 Å². The van der Waals surface area contributed by atoms with Crippen LogP contribution < -0.4 is 15.8 Å². The first-order chi connectivity index (χ1) is 9.60. The number of benzene rings is 1. The Bertz CT molecular complexity index is 476. The summed E-state index contributed by atoms with van der Waals surface area (Å²) in [7, 11) is 0. The first-order valence-corrected chi connectivity index (χ1v) is 7.03. The molecule has 20 heavy (non-hydrogen) atoms. The Morgan fingerprint density at radius 2 is 2.30 bits per heavy atom. The predicted molar refractivity (Wildman–Crippen MR) is 77.9 cm³/mol. The molecule has 5 heteroatoms. The lowest BCUT2D eigenvalue weighted by molar-refractivity contribution is 0.0907. The summed E-state index contributed by atoms with van der Waals surface area (Å²) in [6, 6.07) is 5.09. The zero-order chi connectivity index (χ0) is 14.5. The van der Waals surface area contributed by atoms with Crippen LogP contribution in [0.25, 0.3) is 0 Å². The highest BCUT2D eigenvalue weighted by Gasteiger charge is 2.24. The van der Waals surface area contributed by atoms with Gasteiger partial charge in [0.15, 0.2) is 0 Å². The summed E-state index contributed by atoms with van der Waals surface area (Å²) in [5.41, 5.74) is 6.84. The van der Waals surface area contributed by atoms with Crippen molar-refractivity contribution in [2.45, 2.75) is 26.4 Å². The number of nitrogen functional groups attached to an aromatic ring is 1. The first kappa shape index (κ1) is 14.7. The SMILES string of the molecule is CCOc1cc(N)cc(C(=O)NCC2CCOC2C)c1. The fraction of sp³-hybridized carbons (Fsp3) is 0.533. The lowest BCUT2D eigenvalue weighted by atomic mass is 10.0. The van der Waals surface area contributed by atoms with Gasteiger partial charge in [-0.2, -0.15) is 0 Å². The molecule has 2 unspecified atom stereocenters. The van der Waals surface area contributed by atoms with Crippen LogP contribution >= 0.6 is 0 Å². The van der Waals surface area contributed by atoms with E-state index in [9.17, 15) is 4.79 Å². The van der Waals surface area contributed by atoms with Crippen LogP contribution in [0, 0.1) is 5.92 Å². The van der Waals surface area contributed by atoms with E-state index in [2.05, 4.69) is 5.32 Å². The Balaban J connectivity index is 1.97. The van der Waals surface area contributed by atoms with Crippen LogP contribution in [0.4, 0.5) is 5.69 Å². The molecule has 2 rings (SSSR count). The van der Waals surface area contributed by atoms with Crippen LogP contribution in [0.5, 0.6) is 5.75 Å². The number of nitrogens with two attached hydrogens (primary N) is 1. The fourth-order valence-electron chi connectivity index (χ4n) is 2.37. The minimum atomic E-state index is -0.127. The number of nitrogens with one attached hydrogen (secondary N) is 1. The van der Waals surface area contributed by atoms with E-state index in [0.29, 0.717) is 36.1 Å². The number of rotatable bonds is 5. The van der Waals surface area contributed by atoms with Crippen LogP contribution in [0.15, 0.2) is 18.2 Å². The molecular formula is C15H22N2O3. The van der Waals surface area contributed by atoms with E-state index in [1.165, 1.54) is 0 Å². The van der Waals surface area contributed by atoms with Crippen LogP contribution in [0.1, 0.15) is 30.6 Å². The minimum Gasteiger partial charge on any atom is -0.494 e. The summed E-state index contributed by atoms with van der Waals surface area (Å²) in [5, 5.41) is 2.94. The average Bonchev–Trinajstić information content (AvgIpc) is 2.81. The Morgan fingerprint density at radius 1 is 1.50 bits per heavy atom. The number of ether oxygens (including phenoxy) is 2. The number of hydrogen-bond donors (Lipinski definition) is 2. The van der Waals surface area contributed by atoms with Gasteiger partial charge in [-0.1, -0.05) is 0 Å². The molecule has 1 amide bonds. The lowest BCUT2D eigenvalue weighted by Crippen LogP contribution is -2.32. The van der Waals surface area contributed by atoms with Crippen molar-refractivity contribution in [2.75, 3.05) is 25.5 Å². The topological polar surface area (TPSA) is 73.6 Å². The molecule has 0 radical (unpaired) electrons. The standard InChI is InChI=1S/C15H22N2O3/c1-3-19-14-7-12(6-13(16)8-14)15(18)17-9-11-4-5-20-10(11)2/h6-8,10-11H,3-5,9,16H2,1-2H3,(H,17,18). The molecule has 1 aromatic rings. The third-order valence-corrected chi connectivity index (χ3v) is 3.56. The molecule has 1 aliphatic rings. The van der Waals surface area contributed by atoms with Crippen molar-refractivity contribution in [3.05, 3.63) is 23.8 Å². The van der Waals surface area contributed by atoms with Crippen molar-refractivity contribution in [1.82, 2.24) is 5.32 Å². The van der Waals surface area contributed by atoms with E-state index in [1.54, 1.807) is 18.2 Å². The summed E-state index contributed by atoms with van der Waals surface area (Å²) in [6.07, 6.45) is 1.19. The lowest BCUT2D eigenvalue weighted by Gasteiger charge is -2.15. The van der Waals surface area contributed by atoms with Gasteiger partial charge in [-0.3, -0.25) is 4.79 Å². The van der Waals surface area contributed by atoms with Crippen molar-refractivity contribution in [3.8, 4) is 5.75 Å². The summed E-state index contributed by atoms with van der Waals surface area (Å²) in [4.78, 5) is 12.2. The van der Waals surface area contributed by atoms with Crippen molar-refractivity contribution in [1.29, 1.82) is 0 Å². The quantitative estimate of drug-likeness (QED) is 0.806. The van der Waals surface area contributed by atoms with Crippen molar-refractivity contribution >= 4 is 11.6 Å². The second kappa shape index (κ2) is 6.61. The van der Waals surface area contributed by atoms with Crippen molar-refractivity contribution in [2.24, 2.45) is 5.92 Å². The molecule has 1 heterocycles. The van der Waals surface area contributed by atoms with Gasteiger partial charge in [0.25, 0.3) is 5.91 Å². The highest BCUT2D eigenvalue weighted by Crippen LogP contribution is 2.21. The van der Waals surface area contributed by atoms with Gasteiger partial charge in [0.1, 0.15) is 5.75 Å². The normalized spacial score (nSPS) is 21.7. The molecule has 3 N–H and O–H groups in total. The Morgan fingerprint density at radius 3 is 2.95 bits per heavy atom. The first-order valence-electron chi connectivity index (χ1n) is 7.03. The number of carbonyl (C=O) groups is 1. The fourth-order valence-corrected chi connectivity index (χ4v) is 2.37. The maximum Gasteiger partial charge on any atom is 0.251 e. The summed E-state index contributed by atoms with van der Waals surface area (Å²) in [6.45, 7) is 5.87. The van der Waals surface area contributed by atoms with E-state index in [-0.39, 0.29) is 12.0 Å². The van der Waals surface area contributed by atoms with E-state index >= 15 is 0 Å². The van der Waals surface area contributed by atoms with E-state index in [0.717, 1.165) is 13.0 Å². The number of hydrogen-bond acceptors (Lipinski definition) is 4. The maximum atomic E-state index is 12.2. The van der Waals surface area contributed by atoms with Gasteiger partial charge in [-0.25, -0.2) is 0 Å². The zero-order valence-electron chi connectivity index (χ0n) is 12.0. The Kier molecular flexibility index (Phi) is 4.84. The van der Waals surface area contributed by atoms with E-state index in [4.69, 9.17) is 15.2 Å². The van der Waals surface area contributed by atoms with Crippen LogP contribution in [0.2, 0.25) is 0 Å². The van der Waals surface area contributed by atoms with Crippen molar-refractivity contribution < 1.29 is 14.3 Å². The van der Waals surface area contributed by atoms with Gasteiger partial charge in [0, 0.05) is 36.4 Å². The van der Waals surface area contributed by atoms with Gasteiger partial charge >= 0.3 is 0 Å². The summed E-state index contributed by atoms with van der Waals surface area (Å²) < 4.78 is 10.9. The van der Waals surface area contributed by atoms with E-state index < -0.39 is 0 Å². The molecule has 0 saturated carbocycles. The zero-order valence-corrected chi connectivity index (χ0v) is 12.0. The maximum absolute atomic E-state index is 12.2. The van der Waals surface area contributed by atoms with Gasteiger partial charge in [-0.05, 0) is 32.4 Å². The predicted octanol–water partition coefficient (Wildman–Crippen LogP) is 1.82. The summed E-state index contributed by atoms with van der Waals surface area (Å²) in [5.74, 6) is 0.874. The third kappa shape index (κ3) is 3.63. The molecule has 0 spiro atoms. The molecule has 0 aliphatic carbocycles. The van der Waals surface area contributed by atoms with Gasteiger partial charge in [0.2, 0.25) is 0 Å². The second-order valence-electron chi connectivity index (χ2n) is 5.06. The molecule has 1 fully saturated rings. The molecule has 0 aromatic heterocycles. The van der Waals surface area contributed by atoms with Crippen LogP contribution in [-0.4, -0.2) is 31.8 Å². The van der Waals surface area contributed by atoms with Crippen molar-refractivity contribution in [3.63, 3.8) is 0 Å². The Labute approximate surface area is 119 Å². The smallest absolute Gasteiger partial charge is 0.251 e. The minimum absolute atomic E-state index is 0.127. The molecular weight excluding hydrogens is 256 g/mol. The molecule has 1 aliphatic heterocycles. The van der Waals surface area contributed by atoms with Gasteiger partial charge in [0.05, 0.1) is 12.7 Å². The molecule has 0 bridgehead atoms. The molecule has 110 valence electrons. The molecule has 2 atom stereocenters. The van der Waals surface area contributed by atoms with E-state index in [1.807, 2.05) is 13.8 Å². The number of anilines is 1. The monoisotopic (exact) mass is 278 g/mol. The van der Waals surface area contributed by atoms with Crippen LogP contribution in [0.3, 0.4) is 0 Å². The van der Waals surface area contributed by atoms with Gasteiger partial charge in [-0.15, -0.1) is 0 Å². The average molecular weight is 278 g/mol. The Hall–Kier alpha value is -1.75. The molecule has 1 saturated heterocycles.